The molecule has 9 nitrogen and oxygen atoms in total. The Bertz CT molecular complexity index is 917. The van der Waals surface area contributed by atoms with Crippen LogP contribution in [0.2, 0.25) is 0 Å². The molecule has 0 unspecified atom stereocenters. The Kier molecular flexibility index (Phi) is 7.61. The van der Waals surface area contributed by atoms with Gasteiger partial charge in [-0.05, 0) is 24.3 Å². The minimum atomic E-state index is -0.934. The van der Waals surface area contributed by atoms with Gasteiger partial charge in [0.05, 0.1) is 24.2 Å². The third kappa shape index (κ3) is 5.72. The smallest absolute Gasteiger partial charge is 0.340 e. The average molecular weight is 406 g/mol. The number of benzene rings is 2. The number of esters is 1. The maximum Gasteiger partial charge on any atom is 0.340 e. The second kappa shape index (κ2) is 10.1. The summed E-state index contributed by atoms with van der Waals surface area (Å²) in [5.41, 5.74) is -0.129. The van der Waals surface area contributed by atoms with Gasteiger partial charge in [0.2, 0.25) is 0 Å². The van der Waals surface area contributed by atoms with Crippen molar-refractivity contribution in [3.63, 3.8) is 0 Å². The van der Waals surface area contributed by atoms with E-state index < -0.39 is 29.1 Å². The van der Waals surface area contributed by atoms with E-state index in [0.717, 1.165) is 12.1 Å². The topological polar surface area (TPSA) is 117 Å². The standard InChI is InChI=1S/C19H19FN2O7/c1-27-8-7-21-16-5-4-13(22(25)26)10-14(16)19(24)29-11-17(23)12-3-6-18(28-2)15(20)9-12/h3-6,9-10,21H,7-8,11H2,1-2H3. The number of ketones is 1. The van der Waals surface area contributed by atoms with Crippen molar-refractivity contribution in [2.45, 2.75) is 0 Å². The van der Waals surface area contributed by atoms with Crippen molar-refractivity contribution in [2.24, 2.45) is 0 Å². The van der Waals surface area contributed by atoms with Crippen LogP contribution in [0.5, 0.6) is 5.75 Å². The first-order chi connectivity index (χ1) is 13.9. The number of nitro groups is 1. The van der Waals surface area contributed by atoms with Crippen molar-refractivity contribution in [3.8, 4) is 5.75 Å². The molecule has 0 amide bonds. The summed E-state index contributed by atoms with van der Waals surface area (Å²) < 4.78 is 28.4. The lowest BCUT2D eigenvalue weighted by atomic mass is 10.1. The Morgan fingerprint density at radius 1 is 1.17 bits per heavy atom. The normalized spacial score (nSPS) is 10.3. The molecule has 1 N–H and O–H groups in total. The molecule has 0 spiro atoms. The summed E-state index contributed by atoms with van der Waals surface area (Å²) in [4.78, 5) is 34.9. The molecule has 0 saturated carbocycles. The molecule has 2 rings (SSSR count). The maximum atomic E-state index is 13.7. The molecule has 0 heterocycles. The highest BCUT2D eigenvalue weighted by molar-refractivity contribution is 6.01. The maximum absolute atomic E-state index is 13.7. The third-order valence-electron chi connectivity index (χ3n) is 3.86. The van der Waals surface area contributed by atoms with Crippen LogP contribution in [-0.4, -0.2) is 50.7 Å². The van der Waals surface area contributed by atoms with E-state index in [0.29, 0.717) is 18.8 Å². The summed E-state index contributed by atoms with van der Waals surface area (Å²) in [7, 11) is 2.79. The molecule has 0 fully saturated rings. The zero-order chi connectivity index (χ0) is 21.4. The number of non-ortho nitro benzene ring substituents is 1. The highest BCUT2D eigenvalue weighted by Crippen LogP contribution is 2.23. The molecule has 0 aliphatic heterocycles. The number of ether oxygens (including phenoxy) is 3. The number of nitrogens with zero attached hydrogens (tertiary/aromatic N) is 1. The summed E-state index contributed by atoms with van der Waals surface area (Å²) in [5, 5.41) is 13.9. The summed E-state index contributed by atoms with van der Waals surface area (Å²) in [5.74, 6) is -2.33. The molecule has 0 aromatic heterocycles. The van der Waals surface area contributed by atoms with E-state index in [9.17, 15) is 24.1 Å². The molecule has 10 heteroatoms. The number of hydrogen-bond donors (Lipinski definition) is 1. The van der Waals surface area contributed by atoms with Gasteiger partial charge in [-0.3, -0.25) is 14.9 Å². The fraction of sp³-hybridized carbons (Fsp3) is 0.263. The largest absolute Gasteiger partial charge is 0.494 e. The van der Waals surface area contributed by atoms with Crippen LogP contribution in [0.4, 0.5) is 15.8 Å². The van der Waals surface area contributed by atoms with Gasteiger partial charge in [-0.15, -0.1) is 0 Å². The number of anilines is 1. The molecular weight excluding hydrogens is 387 g/mol. The zero-order valence-corrected chi connectivity index (χ0v) is 15.8. The fourth-order valence-electron chi connectivity index (χ4n) is 2.39. The Balaban J connectivity index is 2.13. The summed E-state index contributed by atoms with van der Waals surface area (Å²) in [6, 6.07) is 7.24. The quantitative estimate of drug-likeness (QED) is 0.210. The lowest BCUT2D eigenvalue weighted by Gasteiger charge is -2.11. The number of Topliss-reactive ketones (excluding diaryl/α,β-unsaturated/α-hetero) is 1. The first-order valence-electron chi connectivity index (χ1n) is 8.42. The molecule has 0 atom stereocenters. The van der Waals surface area contributed by atoms with Gasteiger partial charge in [0, 0.05) is 37.0 Å². The fourth-order valence-corrected chi connectivity index (χ4v) is 2.39. The Morgan fingerprint density at radius 2 is 1.93 bits per heavy atom. The van der Waals surface area contributed by atoms with Crippen LogP contribution >= 0.6 is 0 Å². The molecule has 2 aromatic rings. The SMILES string of the molecule is COCCNc1ccc([N+](=O)[O-])cc1C(=O)OCC(=O)c1ccc(OC)c(F)c1. The first kappa shape index (κ1) is 21.8. The second-order valence-corrected chi connectivity index (χ2v) is 5.76. The molecule has 0 saturated heterocycles. The van der Waals surface area contributed by atoms with Crippen molar-refractivity contribution >= 4 is 23.1 Å². The third-order valence-corrected chi connectivity index (χ3v) is 3.86. The van der Waals surface area contributed by atoms with Gasteiger partial charge < -0.3 is 19.5 Å². The van der Waals surface area contributed by atoms with E-state index in [1.54, 1.807) is 0 Å². The van der Waals surface area contributed by atoms with Gasteiger partial charge in [-0.25, -0.2) is 9.18 Å². The van der Waals surface area contributed by atoms with Crippen LogP contribution in [0.3, 0.4) is 0 Å². The summed E-state index contributed by atoms with van der Waals surface area (Å²) in [6.45, 7) is 0.0243. The molecule has 154 valence electrons. The highest BCUT2D eigenvalue weighted by Gasteiger charge is 2.20. The molecule has 0 bridgehead atoms. The van der Waals surface area contributed by atoms with Crippen LogP contribution in [-0.2, 0) is 9.47 Å². The van der Waals surface area contributed by atoms with E-state index in [1.165, 1.54) is 38.5 Å². The predicted molar refractivity (Wildman–Crippen MR) is 101 cm³/mol. The van der Waals surface area contributed by atoms with Gasteiger partial charge in [-0.1, -0.05) is 0 Å². The molecule has 29 heavy (non-hydrogen) atoms. The monoisotopic (exact) mass is 406 g/mol. The number of carbonyl (C=O) groups excluding carboxylic acids is 2. The minimum absolute atomic E-state index is 0.00594. The van der Waals surface area contributed by atoms with Crippen molar-refractivity contribution in [1.82, 2.24) is 0 Å². The van der Waals surface area contributed by atoms with Crippen LogP contribution in [0, 0.1) is 15.9 Å². The average Bonchev–Trinajstić information content (AvgIpc) is 2.71. The Labute approximate surface area is 165 Å². The molecule has 0 aliphatic carbocycles. The van der Waals surface area contributed by atoms with E-state index in [2.05, 4.69) is 5.32 Å². The zero-order valence-electron chi connectivity index (χ0n) is 15.8. The van der Waals surface area contributed by atoms with Crippen molar-refractivity contribution < 1.29 is 33.1 Å². The van der Waals surface area contributed by atoms with E-state index in [1.807, 2.05) is 0 Å². The van der Waals surface area contributed by atoms with Gasteiger partial charge >= 0.3 is 5.97 Å². The molecule has 0 aliphatic rings. The van der Waals surface area contributed by atoms with Crippen molar-refractivity contribution in [1.29, 1.82) is 0 Å². The lowest BCUT2D eigenvalue weighted by molar-refractivity contribution is -0.384. The molecular formula is C19H19FN2O7. The van der Waals surface area contributed by atoms with E-state index in [4.69, 9.17) is 14.2 Å². The van der Waals surface area contributed by atoms with E-state index >= 15 is 0 Å². The van der Waals surface area contributed by atoms with Crippen LogP contribution in [0.1, 0.15) is 20.7 Å². The first-order valence-corrected chi connectivity index (χ1v) is 8.42. The predicted octanol–water partition coefficient (Wildman–Crippen LogP) is 2.84. The van der Waals surface area contributed by atoms with Crippen molar-refractivity contribution in [2.75, 3.05) is 39.3 Å². The Morgan fingerprint density at radius 3 is 2.55 bits per heavy atom. The number of nitrogens with one attached hydrogen (secondary N) is 1. The second-order valence-electron chi connectivity index (χ2n) is 5.76. The molecule has 2 aromatic carbocycles. The van der Waals surface area contributed by atoms with Crippen LogP contribution in [0.15, 0.2) is 36.4 Å². The molecule has 0 radical (unpaired) electrons. The number of hydrogen-bond acceptors (Lipinski definition) is 8. The van der Waals surface area contributed by atoms with Gasteiger partial charge in [-0.2, -0.15) is 0 Å². The van der Waals surface area contributed by atoms with Gasteiger partial charge in [0.25, 0.3) is 5.69 Å². The minimum Gasteiger partial charge on any atom is -0.494 e. The van der Waals surface area contributed by atoms with Gasteiger partial charge in [0.1, 0.15) is 0 Å². The van der Waals surface area contributed by atoms with E-state index in [-0.39, 0.29) is 22.6 Å². The number of rotatable bonds is 10. The summed E-state index contributed by atoms with van der Waals surface area (Å²) in [6.07, 6.45) is 0. The number of halogens is 1. The van der Waals surface area contributed by atoms with Crippen LogP contribution < -0.4 is 10.1 Å². The van der Waals surface area contributed by atoms with Gasteiger partial charge in [0.15, 0.2) is 24.0 Å². The Hall–Kier alpha value is -3.53. The number of carbonyl (C=O) groups is 2. The van der Waals surface area contributed by atoms with Crippen molar-refractivity contribution in [3.05, 3.63) is 63.5 Å². The lowest BCUT2D eigenvalue weighted by Crippen LogP contribution is -2.17. The highest BCUT2D eigenvalue weighted by atomic mass is 19.1. The summed E-state index contributed by atoms with van der Waals surface area (Å²) >= 11 is 0. The number of nitro benzene ring substituents is 1. The number of methoxy groups -OCH3 is 2. The van der Waals surface area contributed by atoms with Crippen LogP contribution in [0.25, 0.3) is 0 Å².